The third kappa shape index (κ3) is 4.90. The number of benzene rings is 1. The summed E-state index contributed by atoms with van der Waals surface area (Å²) in [7, 11) is -2.14. The number of nitrogens with two attached hydrogens (primary N) is 1. The highest BCUT2D eigenvalue weighted by molar-refractivity contribution is 6.66. The van der Waals surface area contributed by atoms with Gasteiger partial charge in [-0.1, -0.05) is 30.3 Å². The SMILES string of the molecule is CCO[Si](CCCN)(Cc1ccccc1)OCC. The van der Waals surface area contributed by atoms with E-state index in [0.717, 1.165) is 18.5 Å². The van der Waals surface area contributed by atoms with Gasteiger partial charge in [-0.15, -0.1) is 0 Å². The topological polar surface area (TPSA) is 44.5 Å². The smallest absolute Gasteiger partial charge is 0.342 e. The van der Waals surface area contributed by atoms with Crippen LogP contribution in [0.25, 0.3) is 0 Å². The highest BCUT2D eigenvalue weighted by Gasteiger charge is 2.36. The molecule has 0 spiro atoms. The Hall–Kier alpha value is -0.683. The highest BCUT2D eigenvalue weighted by atomic mass is 28.4. The van der Waals surface area contributed by atoms with Crippen molar-refractivity contribution in [2.45, 2.75) is 32.4 Å². The van der Waals surface area contributed by atoms with E-state index in [-0.39, 0.29) is 0 Å². The van der Waals surface area contributed by atoms with Crippen molar-refractivity contribution in [3.63, 3.8) is 0 Å². The van der Waals surface area contributed by atoms with Gasteiger partial charge < -0.3 is 14.6 Å². The molecule has 0 saturated heterocycles. The molecule has 102 valence electrons. The lowest BCUT2D eigenvalue weighted by Crippen LogP contribution is -2.45. The van der Waals surface area contributed by atoms with E-state index in [9.17, 15) is 0 Å². The number of rotatable bonds is 9. The van der Waals surface area contributed by atoms with Crippen molar-refractivity contribution < 1.29 is 8.85 Å². The van der Waals surface area contributed by atoms with Crippen LogP contribution in [-0.2, 0) is 14.9 Å². The van der Waals surface area contributed by atoms with Crippen LogP contribution < -0.4 is 5.73 Å². The first kappa shape index (κ1) is 15.4. The van der Waals surface area contributed by atoms with E-state index in [1.54, 1.807) is 0 Å². The zero-order valence-corrected chi connectivity index (χ0v) is 12.5. The molecule has 0 aromatic heterocycles. The molecule has 0 aliphatic heterocycles. The summed E-state index contributed by atoms with van der Waals surface area (Å²) in [5.74, 6) is 0. The van der Waals surface area contributed by atoms with Crippen molar-refractivity contribution in [3.05, 3.63) is 35.9 Å². The molecule has 1 rings (SSSR count). The van der Waals surface area contributed by atoms with Crippen LogP contribution in [0.15, 0.2) is 30.3 Å². The summed E-state index contributed by atoms with van der Waals surface area (Å²) in [6.45, 7) is 6.19. The summed E-state index contributed by atoms with van der Waals surface area (Å²) in [6, 6.07) is 12.3. The van der Waals surface area contributed by atoms with E-state index < -0.39 is 8.56 Å². The van der Waals surface area contributed by atoms with Crippen molar-refractivity contribution in [2.24, 2.45) is 5.73 Å². The maximum Gasteiger partial charge on any atom is 0.342 e. The maximum absolute atomic E-state index is 6.04. The predicted molar refractivity (Wildman–Crippen MR) is 77.6 cm³/mol. The second-order valence-electron chi connectivity index (χ2n) is 4.33. The van der Waals surface area contributed by atoms with Crippen LogP contribution in [0.3, 0.4) is 0 Å². The summed E-state index contributed by atoms with van der Waals surface area (Å²) in [5, 5.41) is 0. The highest BCUT2D eigenvalue weighted by Crippen LogP contribution is 2.21. The first-order valence-electron chi connectivity index (χ1n) is 6.78. The lowest BCUT2D eigenvalue weighted by Gasteiger charge is -2.30. The molecule has 2 N–H and O–H groups in total. The first-order chi connectivity index (χ1) is 8.76. The zero-order chi connectivity index (χ0) is 13.3. The van der Waals surface area contributed by atoms with Gasteiger partial charge in [0.15, 0.2) is 0 Å². The van der Waals surface area contributed by atoms with Gasteiger partial charge in [0.1, 0.15) is 0 Å². The molecular weight excluding hydrogens is 242 g/mol. The molecule has 1 aromatic rings. The quantitative estimate of drug-likeness (QED) is 0.700. The molecule has 4 heteroatoms. The molecule has 0 amide bonds. The van der Waals surface area contributed by atoms with E-state index >= 15 is 0 Å². The van der Waals surface area contributed by atoms with E-state index in [2.05, 4.69) is 24.3 Å². The average molecular weight is 267 g/mol. The van der Waals surface area contributed by atoms with E-state index in [4.69, 9.17) is 14.6 Å². The standard InChI is InChI=1S/C14H25NO2Si/c1-3-16-18(17-4-2,12-8-11-15)13-14-9-6-5-7-10-14/h5-7,9-10H,3-4,8,11-13,15H2,1-2H3. The van der Waals surface area contributed by atoms with Crippen LogP contribution in [-0.4, -0.2) is 28.3 Å². The van der Waals surface area contributed by atoms with Gasteiger partial charge in [0.2, 0.25) is 0 Å². The number of hydrogen-bond acceptors (Lipinski definition) is 3. The Morgan fingerprint density at radius 2 is 1.67 bits per heavy atom. The third-order valence-corrected chi connectivity index (χ3v) is 6.58. The minimum Gasteiger partial charge on any atom is -0.394 e. The Balaban J connectivity index is 2.79. The van der Waals surface area contributed by atoms with Gasteiger partial charge in [0.25, 0.3) is 0 Å². The molecule has 0 fully saturated rings. The fraction of sp³-hybridized carbons (Fsp3) is 0.571. The van der Waals surface area contributed by atoms with Gasteiger partial charge >= 0.3 is 8.56 Å². The van der Waals surface area contributed by atoms with Gasteiger partial charge in [0, 0.05) is 19.3 Å². The summed E-state index contributed by atoms with van der Waals surface area (Å²) >= 11 is 0. The molecule has 1 aromatic carbocycles. The second kappa shape index (κ2) is 8.42. The molecular formula is C14H25NO2Si. The second-order valence-corrected chi connectivity index (χ2v) is 7.58. The Morgan fingerprint density at radius 1 is 1.06 bits per heavy atom. The molecule has 0 aliphatic carbocycles. The monoisotopic (exact) mass is 267 g/mol. The molecule has 0 saturated carbocycles. The Bertz CT molecular complexity index is 313. The lowest BCUT2D eigenvalue weighted by molar-refractivity contribution is 0.181. The normalized spacial score (nSPS) is 11.7. The number of hydrogen-bond donors (Lipinski definition) is 1. The fourth-order valence-corrected chi connectivity index (χ4v) is 5.59. The molecule has 0 heterocycles. The zero-order valence-electron chi connectivity index (χ0n) is 11.5. The van der Waals surface area contributed by atoms with Crippen LogP contribution in [0.1, 0.15) is 25.8 Å². The molecule has 0 radical (unpaired) electrons. The summed E-state index contributed by atoms with van der Waals surface area (Å²) in [4.78, 5) is 0. The Morgan fingerprint density at radius 3 is 2.17 bits per heavy atom. The maximum atomic E-state index is 6.04. The molecule has 0 bridgehead atoms. The van der Waals surface area contributed by atoms with Gasteiger partial charge in [-0.2, -0.15) is 0 Å². The van der Waals surface area contributed by atoms with E-state index in [0.29, 0.717) is 19.8 Å². The Kier molecular flexibility index (Phi) is 7.20. The molecule has 0 atom stereocenters. The van der Waals surface area contributed by atoms with Crippen molar-refractivity contribution in [1.82, 2.24) is 0 Å². The van der Waals surface area contributed by atoms with Crippen LogP contribution in [0.4, 0.5) is 0 Å². The van der Waals surface area contributed by atoms with E-state index in [1.165, 1.54) is 5.56 Å². The van der Waals surface area contributed by atoms with Crippen molar-refractivity contribution in [2.75, 3.05) is 19.8 Å². The van der Waals surface area contributed by atoms with Gasteiger partial charge in [-0.3, -0.25) is 0 Å². The van der Waals surface area contributed by atoms with Crippen molar-refractivity contribution >= 4 is 8.56 Å². The minimum atomic E-state index is -2.14. The summed E-state index contributed by atoms with van der Waals surface area (Å²) in [5.41, 5.74) is 6.93. The summed E-state index contributed by atoms with van der Waals surface area (Å²) < 4.78 is 12.1. The fourth-order valence-electron chi connectivity index (χ4n) is 2.18. The molecule has 3 nitrogen and oxygen atoms in total. The predicted octanol–water partition coefficient (Wildman–Crippen LogP) is 2.63. The largest absolute Gasteiger partial charge is 0.394 e. The van der Waals surface area contributed by atoms with Gasteiger partial charge in [0.05, 0.1) is 0 Å². The third-order valence-electron chi connectivity index (χ3n) is 2.89. The van der Waals surface area contributed by atoms with Gasteiger partial charge in [-0.25, -0.2) is 0 Å². The Labute approximate surface area is 112 Å². The summed E-state index contributed by atoms with van der Waals surface area (Å²) in [6.07, 6.45) is 0.971. The van der Waals surface area contributed by atoms with Crippen molar-refractivity contribution in [1.29, 1.82) is 0 Å². The van der Waals surface area contributed by atoms with Gasteiger partial charge in [-0.05, 0) is 38.4 Å². The average Bonchev–Trinajstić information content (AvgIpc) is 2.38. The molecule has 0 unspecified atom stereocenters. The van der Waals surface area contributed by atoms with E-state index in [1.807, 2.05) is 19.9 Å². The molecule has 0 aliphatic rings. The van der Waals surface area contributed by atoms with Crippen LogP contribution in [0.2, 0.25) is 6.04 Å². The van der Waals surface area contributed by atoms with Crippen molar-refractivity contribution in [3.8, 4) is 0 Å². The van der Waals surface area contributed by atoms with Crippen LogP contribution >= 0.6 is 0 Å². The minimum absolute atomic E-state index is 0.698. The molecule has 18 heavy (non-hydrogen) atoms. The lowest BCUT2D eigenvalue weighted by atomic mass is 10.2. The van der Waals surface area contributed by atoms with Crippen LogP contribution in [0.5, 0.6) is 0 Å². The van der Waals surface area contributed by atoms with Crippen LogP contribution in [0, 0.1) is 0 Å². The first-order valence-corrected chi connectivity index (χ1v) is 9.01.